The minimum atomic E-state index is -0.757. The molecule has 1 unspecified atom stereocenters. The van der Waals surface area contributed by atoms with E-state index in [4.69, 9.17) is 5.11 Å². The zero-order valence-corrected chi connectivity index (χ0v) is 13.0. The van der Waals surface area contributed by atoms with Gasteiger partial charge in [-0.2, -0.15) is 0 Å². The van der Waals surface area contributed by atoms with Crippen LogP contribution in [0.15, 0.2) is 30.3 Å². The molecule has 118 valence electrons. The van der Waals surface area contributed by atoms with Gasteiger partial charge in [0.05, 0.1) is 0 Å². The zero-order chi connectivity index (χ0) is 15.9. The molecule has 1 rings (SSSR count). The summed E-state index contributed by atoms with van der Waals surface area (Å²) in [6.45, 7) is 5.97. The summed E-state index contributed by atoms with van der Waals surface area (Å²) < 4.78 is 0. The van der Waals surface area contributed by atoms with Gasteiger partial charge in [-0.15, -0.1) is 0 Å². The Kier molecular flexibility index (Phi) is 6.81. The Morgan fingerprint density at radius 1 is 1.29 bits per heavy atom. The fourth-order valence-electron chi connectivity index (χ4n) is 1.88. The Morgan fingerprint density at radius 2 is 1.90 bits per heavy atom. The average molecular weight is 294 g/mol. The summed E-state index contributed by atoms with van der Waals surface area (Å²) in [5.74, 6) is -0.100. The van der Waals surface area contributed by atoms with Gasteiger partial charge in [0.25, 0.3) is 0 Å². The maximum Gasteiger partial charge on any atom is 0.220 e. The Hall–Kier alpha value is -1.43. The summed E-state index contributed by atoms with van der Waals surface area (Å²) >= 11 is 0. The van der Waals surface area contributed by atoms with Crippen molar-refractivity contribution in [3.05, 3.63) is 35.9 Å². The van der Waals surface area contributed by atoms with Crippen LogP contribution in [-0.4, -0.2) is 35.3 Å². The first kappa shape index (κ1) is 17.6. The van der Waals surface area contributed by atoms with Crippen molar-refractivity contribution in [2.45, 2.75) is 39.5 Å². The van der Waals surface area contributed by atoms with Gasteiger partial charge in [0.15, 0.2) is 0 Å². The Bertz CT molecular complexity index is 434. The minimum Gasteiger partial charge on any atom is -0.396 e. The van der Waals surface area contributed by atoms with Crippen LogP contribution in [0.2, 0.25) is 0 Å². The maximum absolute atomic E-state index is 11.8. The molecule has 2 atom stereocenters. The third kappa shape index (κ3) is 6.71. The molecule has 0 spiro atoms. The Labute approximate surface area is 126 Å². The van der Waals surface area contributed by atoms with E-state index in [2.05, 4.69) is 10.6 Å². The van der Waals surface area contributed by atoms with Gasteiger partial charge in [0.1, 0.15) is 6.23 Å². The molecule has 4 N–H and O–H groups in total. The lowest BCUT2D eigenvalue weighted by Gasteiger charge is -2.23. The minimum absolute atomic E-state index is 0.0268. The number of aliphatic hydroxyl groups is 2. The first-order chi connectivity index (χ1) is 9.84. The van der Waals surface area contributed by atoms with Crippen LogP contribution in [0, 0.1) is 5.41 Å². The van der Waals surface area contributed by atoms with E-state index in [-0.39, 0.29) is 25.0 Å². The van der Waals surface area contributed by atoms with Crippen molar-refractivity contribution >= 4 is 5.91 Å². The number of nitrogens with one attached hydrogen (secondary N) is 2. The van der Waals surface area contributed by atoms with Gasteiger partial charge in [-0.1, -0.05) is 44.2 Å². The molecule has 5 nitrogen and oxygen atoms in total. The molecule has 5 heteroatoms. The van der Waals surface area contributed by atoms with Crippen LogP contribution in [0.3, 0.4) is 0 Å². The lowest BCUT2D eigenvalue weighted by molar-refractivity contribution is -0.123. The van der Waals surface area contributed by atoms with Gasteiger partial charge in [-0.25, -0.2) is 0 Å². The number of benzene rings is 1. The third-order valence-corrected chi connectivity index (χ3v) is 3.23. The Morgan fingerprint density at radius 3 is 2.48 bits per heavy atom. The fourth-order valence-corrected chi connectivity index (χ4v) is 1.88. The van der Waals surface area contributed by atoms with E-state index in [1.807, 2.05) is 51.1 Å². The molecule has 0 saturated carbocycles. The van der Waals surface area contributed by atoms with Crippen LogP contribution in [0.25, 0.3) is 0 Å². The topological polar surface area (TPSA) is 81.6 Å². The van der Waals surface area contributed by atoms with E-state index in [9.17, 15) is 9.90 Å². The average Bonchev–Trinajstić information content (AvgIpc) is 2.45. The van der Waals surface area contributed by atoms with E-state index in [1.165, 1.54) is 0 Å². The van der Waals surface area contributed by atoms with Gasteiger partial charge in [0.2, 0.25) is 5.91 Å². The predicted octanol–water partition coefficient (Wildman–Crippen LogP) is 1.18. The number of carbonyl (C=O) groups excluding carboxylic acids is 1. The molecule has 21 heavy (non-hydrogen) atoms. The maximum atomic E-state index is 11.8. The molecule has 0 saturated heterocycles. The summed E-state index contributed by atoms with van der Waals surface area (Å²) in [4.78, 5) is 11.8. The third-order valence-electron chi connectivity index (χ3n) is 3.23. The highest BCUT2D eigenvalue weighted by Crippen LogP contribution is 2.18. The highest BCUT2D eigenvalue weighted by Gasteiger charge is 2.21. The molecule has 1 aromatic carbocycles. The summed E-state index contributed by atoms with van der Waals surface area (Å²) in [5.41, 5.74) is 0.377. The summed E-state index contributed by atoms with van der Waals surface area (Å²) in [7, 11) is 0. The van der Waals surface area contributed by atoms with E-state index in [0.717, 1.165) is 5.56 Å². The second-order valence-electron chi connectivity index (χ2n) is 6.18. The van der Waals surface area contributed by atoms with Gasteiger partial charge >= 0.3 is 0 Å². The largest absolute Gasteiger partial charge is 0.396 e. The van der Waals surface area contributed by atoms with Crippen LogP contribution in [0.5, 0.6) is 0 Å². The number of rotatable bonds is 8. The number of carbonyl (C=O) groups is 1. The van der Waals surface area contributed by atoms with Crippen LogP contribution < -0.4 is 10.6 Å². The van der Waals surface area contributed by atoms with Crippen molar-refractivity contribution in [2.75, 3.05) is 13.2 Å². The molecule has 0 bridgehead atoms. The van der Waals surface area contributed by atoms with E-state index < -0.39 is 11.6 Å². The van der Waals surface area contributed by atoms with Crippen molar-refractivity contribution < 1.29 is 15.0 Å². The van der Waals surface area contributed by atoms with Crippen molar-refractivity contribution in [3.63, 3.8) is 0 Å². The number of amides is 1. The van der Waals surface area contributed by atoms with Gasteiger partial charge in [-0.05, 0) is 17.9 Å². The zero-order valence-electron chi connectivity index (χ0n) is 13.0. The second kappa shape index (κ2) is 8.12. The van der Waals surface area contributed by atoms with Crippen LogP contribution >= 0.6 is 0 Å². The predicted molar refractivity (Wildman–Crippen MR) is 82.5 cm³/mol. The highest BCUT2D eigenvalue weighted by atomic mass is 16.3. The molecule has 0 aliphatic carbocycles. The molecule has 0 radical (unpaired) electrons. The van der Waals surface area contributed by atoms with E-state index in [1.54, 1.807) is 0 Å². The molecule has 1 aromatic rings. The second-order valence-corrected chi connectivity index (χ2v) is 6.18. The molecular weight excluding hydrogens is 268 g/mol. The molecule has 0 aromatic heterocycles. The normalized spacial score (nSPS) is 14.5. The van der Waals surface area contributed by atoms with Crippen molar-refractivity contribution in [1.29, 1.82) is 0 Å². The Balaban J connectivity index is 2.34. The quantitative estimate of drug-likeness (QED) is 0.543. The first-order valence-electron chi connectivity index (χ1n) is 7.21. The lowest BCUT2D eigenvalue weighted by atomic mass is 9.90. The van der Waals surface area contributed by atoms with Crippen molar-refractivity contribution in [3.8, 4) is 0 Å². The smallest absolute Gasteiger partial charge is 0.220 e. The molecule has 0 aliphatic heterocycles. The molecule has 0 fully saturated rings. The number of hydrogen-bond donors (Lipinski definition) is 4. The molecule has 0 aliphatic rings. The number of aliphatic hydroxyl groups excluding tert-OH is 2. The van der Waals surface area contributed by atoms with Gasteiger partial charge in [-0.3, -0.25) is 10.1 Å². The van der Waals surface area contributed by atoms with Crippen molar-refractivity contribution in [1.82, 2.24) is 10.6 Å². The fraction of sp³-hybridized carbons (Fsp3) is 0.562. The standard InChI is InChI=1S/C16H26N2O3/c1-12(10-17-14(20)9-16(2,3)11-19)18-15(21)13-7-5-4-6-8-13/h4-8,12,15,18-19,21H,9-11H2,1-3H3,(H,17,20)/t12-,15?/m0/s1. The van der Waals surface area contributed by atoms with Crippen LogP contribution in [0.4, 0.5) is 0 Å². The lowest BCUT2D eigenvalue weighted by Crippen LogP contribution is -2.41. The van der Waals surface area contributed by atoms with E-state index >= 15 is 0 Å². The van der Waals surface area contributed by atoms with Crippen LogP contribution in [0.1, 0.15) is 39.0 Å². The summed E-state index contributed by atoms with van der Waals surface area (Å²) in [5, 5.41) is 25.0. The molecular formula is C16H26N2O3. The molecule has 1 amide bonds. The summed E-state index contributed by atoms with van der Waals surface area (Å²) in [6.07, 6.45) is -0.482. The monoisotopic (exact) mass is 294 g/mol. The van der Waals surface area contributed by atoms with Crippen LogP contribution in [-0.2, 0) is 4.79 Å². The molecule has 0 heterocycles. The van der Waals surface area contributed by atoms with Gasteiger partial charge < -0.3 is 15.5 Å². The van der Waals surface area contributed by atoms with Crippen molar-refractivity contribution in [2.24, 2.45) is 5.41 Å². The first-order valence-corrected chi connectivity index (χ1v) is 7.21. The summed E-state index contributed by atoms with van der Waals surface area (Å²) in [6, 6.07) is 9.23. The van der Waals surface area contributed by atoms with Gasteiger partial charge in [0, 0.05) is 25.6 Å². The SMILES string of the molecule is C[C@@H](CNC(=O)CC(C)(C)CO)NC(O)c1ccccc1. The number of hydrogen-bond acceptors (Lipinski definition) is 4. The highest BCUT2D eigenvalue weighted by molar-refractivity contribution is 5.76. The van der Waals surface area contributed by atoms with E-state index in [0.29, 0.717) is 6.54 Å².